The number of hydrogen-bond donors (Lipinski definition) is 1. The minimum absolute atomic E-state index is 0.0376. The molecule has 0 radical (unpaired) electrons. The van der Waals surface area contributed by atoms with E-state index in [1.807, 2.05) is 0 Å². The van der Waals surface area contributed by atoms with Crippen LogP contribution in [0, 0.1) is 17.8 Å². The van der Waals surface area contributed by atoms with Crippen molar-refractivity contribution in [1.82, 2.24) is 0 Å². The molecule has 0 spiro atoms. The standard InChI is InChI=1S/C10H14O3/c1-2-13-10(12)7-6-8-4-3-5-9(8)11/h8-9,11H,2-5H2,1H3/t8-,9+/m1/s1. The molecule has 0 aromatic rings. The zero-order chi connectivity index (χ0) is 9.68. The van der Waals surface area contributed by atoms with Gasteiger partial charge >= 0.3 is 5.97 Å². The van der Waals surface area contributed by atoms with Gasteiger partial charge in [-0.1, -0.05) is 5.92 Å². The molecular weight excluding hydrogens is 168 g/mol. The molecule has 0 unspecified atom stereocenters. The lowest BCUT2D eigenvalue weighted by Crippen LogP contribution is -2.11. The van der Waals surface area contributed by atoms with Crippen LogP contribution in [0.4, 0.5) is 0 Å². The molecule has 3 nitrogen and oxygen atoms in total. The Morgan fingerprint density at radius 2 is 2.38 bits per heavy atom. The third-order valence-corrected chi connectivity index (χ3v) is 2.11. The second kappa shape index (κ2) is 4.88. The summed E-state index contributed by atoms with van der Waals surface area (Å²) in [5, 5.41) is 9.38. The minimum Gasteiger partial charge on any atom is -0.456 e. The zero-order valence-electron chi connectivity index (χ0n) is 7.75. The van der Waals surface area contributed by atoms with Crippen molar-refractivity contribution in [2.45, 2.75) is 32.3 Å². The van der Waals surface area contributed by atoms with E-state index in [1.165, 1.54) is 0 Å². The third-order valence-electron chi connectivity index (χ3n) is 2.11. The Bertz CT molecular complexity index is 236. The molecule has 0 amide bonds. The molecule has 1 N–H and O–H groups in total. The fourth-order valence-electron chi connectivity index (χ4n) is 1.43. The topological polar surface area (TPSA) is 46.5 Å². The quantitative estimate of drug-likeness (QED) is 0.369. The maximum atomic E-state index is 10.8. The number of aliphatic hydroxyl groups excluding tert-OH is 1. The summed E-state index contributed by atoms with van der Waals surface area (Å²) < 4.78 is 4.64. The molecule has 1 fully saturated rings. The van der Waals surface area contributed by atoms with E-state index in [4.69, 9.17) is 0 Å². The average Bonchev–Trinajstić information content (AvgIpc) is 2.48. The molecule has 0 aromatic heterocycles. The molecule has 1 saturated carbocycles. The van der Waals surface area contributed by atoms with Gasteiger partial charge in [0.2, 0.25) is 0 Å². The van der Waals surface area contributed by atoms with Gasteiger partial charge in [0.15, 0.2) is 0 Å². The lowest BCUT2D eigenvalue weighted by atomic mass is 10.1. The van der Waals surface area contributed by atoms with Crippen molar-refractivity contribution in [3.63, 3.8) is 0 Å². The Hall–Kier alpha value is -1.01. The van der Waals surface area contributed by atoms with Crippen LogP contribution in [-0.4, -0.2) is 23.8 Å². The van der Waals surface area contributed by atoms with Gasteiger partial charge in [0, 0.05) is 11.8 Å². The Morgan fingerprint density at radius 1 is 1.62 bits per heavy atom. The van der Waals surface area contributed by atoms with Crippen LogP contribution in [0.15, 0.2) is 0 Å². The summed E-state index contributed by atoms with van der Waals surface area (Å²) in [6.45, 7) is 2.09. The Kier molecular flexibility index (Phi) is 3.78. The van der Waals surface area contributed by atoms with Crippen LogP contribution in [0.3, 0.4) is 0 Å². The van der Waals surface area contributed by atoms with E-state index in [-0.39, 0.29) is 12.0 Å². The van der Waals surface area contributed by atoms with E-state index in [9.17, 15) is 9.90 Å². The highest BCUT2D eigenvalue weighted by Crippen LogP contribution is 2.24. The van der Waals surface area contributed by atoms with Crippen molar-refractivity contribution in [3.8, 4) is 11.8 Å². The van der Waals surface area contributed by atoms with Gasteiger partial charge in [0.05, 0.1) is 12.7 Å². The molecule has 0 aliphatic heterocycles. The number of hydrogen-bond acceptors (Lipinski definition) is 3. The normalized spacial score (nSPS) is 26.3. The van der Waals surface area contributed by atoms with E-state index in [2.05, 4.69) is 16.6 Å². The van der Waals surface area contributed by atoms with Gasteiger partial charge in [0.1, 0.15) is 0 Å². The van der Waals surface area contributed by atoms with Crippen LogP contribution in [0.5, 0.6) is 0 Å². The third kappa shape index (κ3) is 3.08. The second-order valence-corrected chi connectivity index (χ2v) is 3.09. The summed E-state index contributed by atoms with van der Waals surface area (Å²) in [5.74, 6) is 4.59. The number of esters is 1. The highest BCUT2D eigenvalue weighted by atomic mass is 16.5. The van der Waals surface area contributed by atoms with Gasteiger partial charge in [0.25, 0.3) is 0 Å². The first-order valence-corrected chi connectivity index (χ1v) is 4.60. The molecule has 0 heterocycles. The first-order chi connectivity index (χ1) is 6.24. The van der Waals surface area contributed by atoms with Crippen LogP contribution in [0.1, 0.15) is 26.2 Å². The Morgan fingerprint density at radius 3 is 2.92 bits per heavy atom. The molecule has 0 aromatic carbocycles. The van der Waals surface area contributed by atoms with Crippen LogP contribution < -0.4 is 0 Å². The van der Waals surface area contributed by atoms with Gasteiger partial charge in [-0.25, -0.2) is 4.79 Å². The summed E-state index contributed by atoms with van der Waals surface area (Å²) in [6, 6.07) is 0. The molecule has 2 atom stereocenters. The van der Waals surface area contributed by atoms with E-state index in [0.717, 1.165) is 19.3 Å². The van der Waals surface area contributed by atoms with Crippen LogP contribution in [0.2, 0.25) is 0 Å². The number of carbonyl (C=O) groups is 1. The van der Waals surface area contributed by atoms with Crippen LogP contribution >= 0.6 is 0 Å². The molecule has 0 bridgehead atoms. The van der Waals surface area contributed by atoms with Crippen LogP contribution in [0.25, 0.3) is 0 Å². The van der Waals surface area contributed by atoms with E-state index < -0.39 is 5.97 Å². The summed E-state index contributed by atoms with van der Waals surface area (Å²) >= 11 is 0. The molecule has 0 saturated heterocycles. The zero-order valence-corrected chi connectivity index (χ0v) is 7.75. The first kappa shape index (κ1) is 10.1. The van der Waals surface area contributed by atoms with Crippen molar-refractivity contribution in [2.24, 2.45) is 5.92 Å². The predicted molar refractivity (Wildman–Crippen MR) is 47.8 cm³/mol. The van der Waals surface area contributed by atoms with Crippen molar-refractivity contribution in [3.05, 3.63) is 0 Å². The lowest BCUT2D eigenvalue weighted by molar-refractivity contribution is -0.136. The van der Waals surface area contributed by atoms with Gasteiger partial charge in [-0.15, -0.1) is 0 Å². The smallest absolute Gasteiger partial charge is 0.384 e. The Balaban J connectivity index is 2.41. The molecule has 1 rings (SSSR count). The average molecular weight is 182 g/mol. The highest BCUT2D eigenvalue weighted by Gasteiger charge is 2.23. The maximum absolute atomic E-state index is 10.8. The van der Waals surface area contributed by atoms with E-state index in [0.29, 0.717) is 6.61 Å². The molecule has 1 aliphatic rings. The fraction of sp³-hybridized carbons (Fsp3) is 0.700. The lowest BCUT2D eigenvalue weighted by Gasteiger charge is -2.04. The summed E-state index contributed by atoms with van der Waals surface area (Å²) in [5.41, 5.74) is 0. The first-order valence-electron chi connectivity index (χ1n) is 4.60. The number of ether oxygens (including phenoxy) is 1. The summed E-state index contributed by atoms with van der Waals surface area (Å²) in [7, 11) is 0. The van der Waals surface area contributed by atoms with Gasteiger partial charge in [-0.05, 0) is 26.2 Å². The SMILES string of the molecule is CCOC(=O)C#C[C@H]1CCC[C@@H]1O. The molecule has 13 heavy (non-hydrogen) atoms. The van der Waals surface area contributed by atoms with Crippen LogP contribution in [-0.2, 0) is 9.53 Å². The Labute approximate surface area is 78.1 Å². The largest absolute Gasteiger partial charge is 0.456 e. The molecule has 1 aliphatic carbocycles. The van der Waals surface area contributed by atoms with Crippen molar-refractivity contribution < 1.29 is 14.6 Å². The van der Waals surface area contributed by atoms with Gasteiger partial charge in [-0.2, -0.15) is 0 Å². The number of carbonyl (C=O) groups excluding carboxylic acids is 1. The van der Waals surface area contributed by atoms with E-state index >= 15 is 0 Å². The monoisotopic (exact) mass is 182 g/mol. The van der Waals surface area contributed by atoms with Gasteiger partial charge < -0.3 is 9.84 Å². The van der Waals surface area contributed by atoms with Crippen molar-refractivity contribution in [2.75, 3.05) is 6.61 Å². The predicted octanol–water partition coefficient (Wildman–Crippen LogP) is 0.714. The van der Waals surface area contributed by atoms with Crippen molar-refractivity contribution >= 4 is 5.97 Å². The second-order valence-electron chi connectivity index (χ2n) is 3.09. The van der Waals surface area contributed by atoms with E-state index in [1.54, 1.807) is 6.92 Å². The molecular formula is C10H14O3. The fourth-order valence-corrected chi connectivity index (χ4v) is 1.43. The summed E-state index contributed by atoms with van der Waals surface area (Å²) in [4.78, 5) is 10.8. The number of aliphatic hydroxyl groups is 1. The summed E-state index contributed by atoms with van der Waals surface area (Å²) in [6.07, 6.45) is 2.31. The van der Waals surface area contributed by atoms with Gasteiger partial charge in [-0.3, -0.25) is 0 Å². The molecule has 72 valence electrons. The highest BCUT2D eigenvalue weighted by molar-refractivity contribution is 5.88. The minimum atomic E-state index is -0.499. The maximum Gasteiger partial charge on any atom is 0.384 e. The molecule has 3 heteroatoms. The van der Waals surface area contributed by atoms with Crippen molar-refractivity contribution in [1.29, 1.82) is 0 Å². The number of rotatable bonds is 1.